The largest absolute Gasteiger partial charge is 0.338 e. The third-order valence-electron chi connectivity index (χ3n) is 4.08. The van der Waals surface area contributed by atoms with Gasteiger partial charge >= 0.3 is 6.03 Å². The van der Waals surface area contributed by atoms with Gasteiger partial charge in [0.05, 0.1) is 17.4 Å². The average molecular weight is 351 g/mol. The van der Waals surface area contributed by atoms with Crippen LogP contribution in [0.15, 0.2) is 53.6 Å². The Kier molecular flexibility index (Phi) is 5.58. The topological polar surface area (TPSA) is 91.0 Å². The number of H-pyrrole nitrogens is 1. The normalized spacial score (nSPS) is 10.7. The van der Waals surface area contributed by atoms with Gasteiger partial charge in [0.25, 0.3) is 5.56 Å². The molecule has 0 unspecified atom stereocenters. The van der Waals surface area contributed by atoms with Gasteiger partial charge in [0.1, 0.15) is 5.82 Å². The second-order valence-corrected chi connectivity index (χ2v) is 5.89. The van der Waals surface area contributed by atoms with Gasteiger partial charge in [-0.15, -0.1) is 0 Å². The highest BCUT2D eigenvalue weighted by Gasteiger charge is 2.13. The number of aromatic nitrogens is 3. The number of carbonyl (C=O) groups is 1. The van der Waals surface area contributed by atoms with Gasteiger partial charge in [-0.25, -0.2) is 9.78 Å². The summed E-state index contributed by atoms with van der Waals surface area (Å²) in [5.74, 6) is 0.470. The Morgan fingerprint density at radius 3 is 2.85 bits per heavy atom. The van der Waals surface area contributed by atoms with Gasteiger partial charge in [-0.05, 0) is 37.1 Å². The molecule has 26 heavy (non-hydrogen) atoms. The van der Waals surface area contributed by atoms with E-state index in [1.54, 1.807) is 35.5 Å². The minimum absolute atomic E-state index is 0.188. The number of amides is 2. The maximum Gasteiger partial charge on any atom is 0.317 e. The van der Waals surface area contributed by atoms with Gasteiger partial charge in [0, 0.05) is 25.5 Å². The predicted molar refractivity (Wildman–Crippen MR) is 99.8 cm³/mol. The average Bonchev–Trinajstić information content (AvgIpc) is 2.67. The SMILES string of the molecule is CCN(Cc1nc2ccccc2c(=O)[nH]1)C(=O)NCCc1cccnc1. The third-order valence-corrected chi connectivity index (χ3v) is 4.08. The third kappa shape index (κ3) is 4.24. The minimum Gasteiger partial charge on any atom is -0.338 e. The zero-order valence-corrected chi connectivity index (χ0v) is 14.6. The van der Waals surface area contributed by atoms with Crippen molar-refractivity contribution < 1.29 is 4.79 Å². The van der Waals surface area contributed by atoms with Crippen molar-refractivity contribution in [1.29, 1.82) is 0 Å². The zero-order chi connectivity index (χ0) is 18.4. The Hall–Kier alpha value is -3.22. The molecule has 3 aromatic rings. The molecule has 2 heterocycles. The standard InChI is InChI=1S/C19H21N5O2/c1-2-24(19(26)21-11-9-14-6-5-10-20-12-14)13-17-22-16-8-4-3-7-15(16)18(25)23-17/h3-8,10,12H,2,9,11,13H2,1H3,(H,21,26)(H,22,23,25). The van der Waals surface area contributed by atoms with Crippen LogP contribution in [0, 0.1) is 0 Å². The van der Waals surface area contributed by atoms with Crippen LogP contribution in [-0.2, 0) is 13.0 Å². The molecule has 0 saturated heterocycles. The van der Waals surface area contributed by atoms with E-state index in [0.717, 1.165) is 5.56 Å². The highest BCUT2D eigenvalue weighted by atomic mass is 16.2. The summed E-state index contributed by atoms with van der Waals surface area (Å²) in [6.07, 6.45) is 4.22. The van der Waals surface area contributed by atoms with E-state index in [1.165, 1.54) is 0 Å². The van der Waals surface area contributed by atoms with E-state index in [9.17, 15) is 9.59 Å². The lowest BCUT2D eigenvalue weighted by Crippen LogP contribution is -2.40. The van der Waals surface area contributed by atoms with Crippen molar-refractivity contribution in [2.75, 3.05) is 13.1 Å². The molecule has 0 bridgehead atoms. The molecule has 0 fully saturated rings. The van der Waals surface area contributed by atoms with Crippen molar-refractivity contribution >= 4 is 16.9 Å². The number of carbonyl (C=O) groups excluding carboxylic acids is 1. The summed E-state index contributed by atoms with van der Waals surface area (Å²) in [6, 6.07) is 10.8. The molecule has 0 atom stereocenters. The molecule has 0 aliphatic rings. The first-order valence-corrected chi connectivity index (χ1v) is 8.57. The molecule has 0 radical (unpaired) electrons. The molecule has 3 rings (SSSR count). The van der Waals surface area contributed by atoms with Crippen molar-refractivity contribution in [1.82, 2.24) is 25.2 Å². The first-order valence-electron chi connectivity index (χ1n) is 8.57. The number of hydrogen-bond acceptors (Lipinski definition) is 4. The number of hydrogen-bond donors (Lipinski definition) is 2. The van der Waals surface area contributed by atoms with E-state index in [4.69, 9.17) is 0 Å². The lowest BCUT2D eigenvalue weighted by atomic mass is 10.2. The fourth-order valence-electron chi connectivity index (χ4n) is 2.69. The summed E-state index contributed by atoms with van der Waals surface area (Å²) in [6.45, 7) is 3.16. The van der Waals surface area contributed by atoms with Crippen LogP contribution in [-0.4, -0.2) is 39.0 Å². The highest BCUT2D eigenvalue weighted by molar-refractivity contribution is 5.77. The minimum atomic E-state index is -0.196. The van der Waals surface area contributed by atoms with Crippen LogP contribution in [0.4, 0.5) is 4.79 Å². The number of aromatic amines is 1. The Labute approximate surface area is 151 Å². The number of benzene rings is 1. The Balaban J connectivity index is 1.63. The summed E-state index contributed by atoms with van der Waals surface area (Å²) in [5, 5.41) is 3.44. The van der Waals surface area contributed by atoms with Gasteiger partial charge in [0.2, 0.25) is 0 Å². The molecule has 7 nitrogen and oxygen atoms in total. The first-order chi connectivity index (χ1) is 12.7. The van der Waals surface area contributed by atoms with Crippen molar-refractivity contribution in [2.24, 2.45) is 0 Å². The molecule has 134 valence electrons. The number of urea groups is 1. The van der Waals surface area contributed by atoms with Crippen LogP contribution in [0.1, 0.15) is 18.3 Å². The van der Waals surface area contributed by atoms with Crippen molar-refractivity contribution in [3.8, 4) is 0 Å². The molecule has 2 amide bonds. The smallest absolute Gasteiger partial charge is 0.317 e. The quantitative estimate of drug-likeness (QED) is 0.711. The summed E-state index contributed by atoms with van der Waals surface area (Å²) in [5.41, 5.74) is 1.49. The van der Waals surface area contributed by atoms with E-state index in [1.807, 2.05) is 25.1 Å². The first kappa shape index (κ1) is 17.6. The monoisotopic (exact) mass is 351 g/mol. The number of rotatable bonds is 6. The van der Waals surface area contributed by atoms with E-state index >= 15 is 0 Å². The summed E-state index contributed by atoms with van der Waals surface area (Å²) >= 11 is 0. The molecule has 7 heteroatoms. The van der Waals surface area contributed by atoms with E-state index in [0.29, 0.717) is 36.2 Å². The summed E-state index contributed by atoms with van der Waals surface area (Å²) in [7, 11) is 0. The molecule has 0 saturated carbocycles. The Morgan fingerprint density at radius 1 is 1.23 bits per heavy atom. The van der Waals surface area contributed by atoms with Gasteiger partial charge in [-0.1, -0.05) is 18.2 Å². The van der Waals surface area contributed by atoms with Crippen molar-refractivity contribution in [3.63, 3.8) is 0 Å². The highest BCUT2D eigenvalue weighted by Crippen LogP contribution is 2.07. The fourth-order valence-corrected chi connectivity index (χ4v) is 2.69. The fraction of sp³-hybridized carbons (Fsp3) is 0.263. The molecule has 1 aromatic carbocycles. The van der Waals surface area contributed by atoms with Gasteiger partial charge in [0.15, 0.2) is 0 Å². The van der Waals surface area contributed by atoms with Crippen molar-refractivity contribution in [2.45, 2.75) is 19.9 Å². The van der Waals surface area contributed by atoms with Crippen LogP contribution >= 0.6 is 0 Å². The summed E-state index contributed by atoms with van der Waals surface area (Å²) in [4.78, 5) is 37.4. The number of para-hydroxylation sites is 1. The second kappa shape index (κ2) is 8.24. The van der Waals surface area contributed by atoms with E-state index in [2.05, 4.69) is 20.3 Å². The van der Waals surface area contributed by atoms with Gasteiger partial charge < -0.3 is 15.2 Å². The Morgan fingerprint density at radius 2 is 2.08 bits per heavy atom. The number of pyridine rings is 1. The van der Waals surface area contributed by atoms with Crippen LogP contribution in [0.25, 0.3) is 10.9 Å². The second-order valence-electron chi connectivity index (χ2n) is 5.89. The molecule has 0 aliphatic carbocycles. The van der Waals surface area contributed by atoms with E-state index < -0.39 is 0 Å². The van der Waals surface area contributed by atoms with Crippen LogP contribution < -0.4 is 10.9 Å². The molecular formula is C19H21N5O2. The van der Waals surface area contributed by atoms with Gasteiger partial charge in [-0.3, -0.25) is 9.78 Å². The number of nitrogens with one attached hydrogen (secondary N) is 2. The van der Waals surface area contributed by atoms with Crippen LogP contribution in [0.5, 0.6) is 0 Å². The van der Waals surface area contributed by atoms with Crippen LogP contribution in [0.3, 0.4) is 0 Å². The van der Waals surface area contributed by atoms with Gasteiger partial charge in [-0.2, -0.15) is 0 Å². The molecule has 2 aromatic heterocycles. The predicted octanol–water partition coefficient (Wildman–Crippen LogP) is 2.09. The lowest BCUT2D eigenvalue weighted by Gasteiger charge is -2.21. The van der Waals surface area contributed by atoms with E-state index in [-0.39, 0.29) is 18.1 Å². The molecule has 0 spiro atoms. The maximum absolute atomic E-state index is 12.4. The summed E-state index contributed by atoms with van der Waals surface area (Å²) < 4.78 is 0. The molecule has 0 aliphatic heterocycles. The number of nitrogens with zero attached hydrogens (tertiary/aromatic N) is 3. The van der Waals surface area contributed by atoms with Crippen molar-refractivity contribution in [3.05, 3.63) is 70.5 Å². The maximum atomic E-state index is 12.4. The zero-order valence-electron chi connectivity index (χ0n) is 14.6. The number of fused-ring (bicyclic) bond motifs is 1. The molecule has 2 N–H and O–H groups in total. The lowest BCUT2D eigenvalue weighted by molar-refractivity contribution is 0.197. The molecular weight excluding hydrogens is 330 g/mol. The Bertz CT molecular complexity index is 939. The van der Waals surface area contributed by atoms with Crippen LogP contribution in [0.2, 0.25) is 0 Å².